The molecule has 1 aliphatic rings. The zero-order chi connectivity index (χ0) is 14.3. The molecule has 3 N–H and O–H groups in total. The first-order chi connectivity index (χ1) is 9.74. The van der Waals surface area contributed by atoms with E-state index in [0.29, 0.717) is 13.0 Å². The maximum absolute atomic E-state index is 11.9. The summed E-state index contributed by atoms with van der Waals surface area (Å²) in [5.74, 6) is 0.167. The quantitative estimate of drug-likeness (QED) is 0.803. The van der Waals surface area contributed by atoms with Gasteiger partial charge in [0.2, 0.25) is 5.91 Å². The van der Waals surface area contributed by atoms with E-state index in [1.165, 1.54) is 18.4 Å². The molecule has 0 aromatic heterocycles. The lowest BCUT2D eigenvalue weighted by Crippen LogP contribution is -2.40. The second-order valence-electron chi connectivity index (χ2n) is 6.03. The Morgan fingerprint density at radius 2 is 1.90 bits per heavy atom. The zero-order valence-corrected chi connectivity index (χ0v) is 12.2. The van der Waals surface area contributed by atoms with Gasteiger partial charge in [0.1, 0.15) is 0 Å². The Morgan fingerprint density at radius 1 is 1.20 bits per heavy atom. The van der Waals surface area contributed by atoms with Crippen LogP contribution in [0, 0.1) is 5.41 Å². The third kappa shape index (κ3) is 4.34. The van der Waals surface area contributed by atoms with Crippen molar-refractivity contribution >= 4 is 5.91 Å². The number of benzene rings is 1. The molecule has 0 saturated heterocycles. The van der Waals surface area contributed by atoms with Gasteiger partial charge in [-0.15, -0.1) is 0 Å². The van der Waals surface area contributed by atoms with Gasteiger partial charge in [0.05, 0.1) is 0 Å². The van der Waals surface area contributed by atoms with E-state index in [2.05, 4.69) is 17.4 Å². The Hall–Kier alpha value is -1.35. The van der Waals surface area contributed by atoms with Crippen LogP contribution in [0.4, 0.5) is 0 Å². The largest absolute Gasteiger partial charge is 0.355 e. The SMILES string of the molecule is NCC1(CNC(=O)CCCc2ccccc2)CCCC1. The van der Waals surface area contributed by atoms with Gasteiger partial charge in [-0.3, -0.25) is 4.79 Å². The highest BCUT2D eigenvalue weighted by molar-refractivity contribution is 5.75. The van der Waals surface area contributed by atoms with Crippen molar-refractivity contribution < 1.29 is 4.79 Å². The molecular weight excluding hydrogens is 248 g/mol. The average molecular weight is 274 g/mol. The summed E-state index contributed by atoms with van der Waals surface area (Å²) in [4.78, 5) is 11.9. The number of nitrogens with two attached hydrogens (primary N) is 1. The first-order valence-electron chi connectivity index (χ1n) is 7.75. The number of rotatable bonds is 7. The monoisotopic (exact) mass is 274 g/mol. The molecule has 1 amide bonds. The molecule has 1 aliphatic carbocycles. The molecule has 0 spiro atoms. The Morgan fingerprint density at radius 3 is 2.55 bits per heavy atom. The van der Waals surface area contributed by atoms with E-state index in [0.717, 1.165) is 32.2 Å². The summed E-state index contributed by atoms with van der Waals surface area (Å²) in [6, 6.07) is 10.3. The molecule has 1 saturated carbocycles. The minimum absolute atomic E-state index is 0.167. The van der Waals surface area contributed by atoms with Crippen LogP contribution in [0.3, 0.4) is 0 Å². The lowest BCUT2D eigenvalue weighted by molar-refractivity contribution is -0.121. The molecular formula is C17H26N2O. The predicted molar refractivity (Wildman–Crippen MR) is 82.3 cm³/mol. The molecule has 0 bridgehead atoms. The molecule has 20 heavy (non-hydrogen) atoms. The van der Waals surface area contributed by atoms with E-state index in [1.54, 1.807) is 0 Å². The van der Waals surface area contributed by atoms with Crippen molar-refractivity contribution in [1.82, 2.24) is 5.32 Å². The van der Waals surface area contributed by atoms with Crippen molar-refractivity contribution in [1.29, 1.82) is 0 Å². The highest BCUT2D eigenvalue weighted by Crippen LogP contribution is 2.36. The van der Waals surface area contributed by atoms with Crippen LogP contribution in [0.15, 0.2) is 30.3 Å². The molecule has 0 aliphatic heterocycles. The summed E-state index contributed by atoms with van der Waals surface area (Å²) in [6.07, 6.45) is 7.31. The molecule has 2 rings (SSSR count). The Bertz CT molecular complexity index is 410. The predicted octanol–water partition coefficient (Wildman–Crippen LogP) is 2.64. The summed E-state index contributed by atoms with van der Waals surface area (Å²) < 4.78 is 0. The van der Waals surface area contributed by atoms with E-state index in [-0.39, 0.29) is 11.3 Å². The van der Waals surface area contributed by atoms with Gasteiger partial charge in [-0.1, -0.05) is 43.2 Å². The standard InChI is InChI=1S/C17H26N2O/c18-13-17(11-4-5-12-17)14-19-16(20)10-6-9-15-7-2-1-3-8-15/h1-3,7-8H,4-6,9-14,18H2,(H,19,20). The molecule has 3 heteroatoms. The van der Waals surface area contributed by atoms with Crippen LogP contribution >= 0.6 is 0 Å². The van der Waals surface area contributed by atoms with Crippen LogP contribution in [-0.4, -0.2) is 19.0 Å². The molecule has 3 nitrogen and oxygen atoms in total. The van der Waals surface area contributed by atoms with E-state index >= 15 is 0 Å². The molecule has 1 aromatic rings. The number of carbonyl (C=O) groups is 1. The fraction of sp³-hybridized carbons (Fsp3) is 0.588. The van der Waals surface area contributed by atoms with Gasteiger partial charge in [-0.25, -0.2) is 0 Å². The normalized spacial score (nSPS) is 17.1. The molecule has 0 heterocycles. The number of aryl methyl sites for hydroxylation is 1. The van der Waals surface area contributed by atoms with Gasteiger partial charge in [-0.05, 0) is 43.2 Å². The minimum atomic E-state index is 0.167. The molecule has 0 unspecified atom stereocenters. The second kappa shape index (κ2) is 7.44. The highest BCUT2D eigenvalue weighted by Gasteiger charge is 2.32. The molecule has 1 aromatic carbocycles. The maximum atomic E-state index is 11.9. The molecule has 110 valence electrons. The Labute approximate surface area is 121 Å². The van der Waals surface area contributed by atoms with Crippen LogP contribution in [0.5, 0.6) is 0 Å². The van der Waals surface area contributed by atoms with Gasteiger partial charge >= 0.3 is 0 Å². The maximum Gasteiger partial charge on any atom is 0.220 e. The van der Waals surface area contributed by atoms with Crippen LogP contribution in [0.1, 0.15) is 44.1 Å². The third-order valence-electron chi connectivity index (χ3n) is 4.47. The third-order valence-corrected chi connectivity index (χ3v) is 4.47. The Kier molecular flexibility index (Phi) is 5.60. The summed E-state index contributed by atoms with van der Waals surface area (Å²) in [5, 5.41) is 3.08. The van der Waals surface area contributed by atoms with Crippen molar-refractivity contribution in [2.24, 2.45) is 11.1 Å². The van der Waals surface area contributed by atoms with Gasteiger partial charge < -0.3 is 11.1 Å². The number of nitrogens with one attached hydrogen (secondary N) is 1. The molecule has 1 fully saturated rings. The van der Waals surface area contributed by atoms with Crippen LogP contribution < -0.4 is 11.1 Å². The van der Waals surface area contributed by atoms with Crippen LogP contribution in [0.2, 0.25) is 0 Å². The summed E-state index contributed by atoms with van der Waals surface area (Å²) in [7, 11) is 0. The summed E-state index contributed by atoms with van der Waals surface area (Å²) in [5.41, 5.74) is 7.36. The second-order valence-corrected chi connectivity index (χ2v) is 6.03. The Balaban J connectivity index is 1.65. The van der Waals surface area contributed by atoms with E-state index < -0.39 is 0 Å². The highest BCUT2D eigenvalue weighted by atomic mass is 16.1. The number of hydrogen-bond acceptors (Lipinski definition) is 2. The smallest absolute Gasteiger partial charge is 0.220 e. The van der Waals surface area contributed by atoms with Gasteiger partial charge in [0, 0.05) is 13.0 Å². The topological polar surface area (TPSA) is 55.1 Å². The number of hydrogen-bond donors (Lipinski definition) is 2. The van der Waals surface area contributed by atoms with Gasteiger partial charge in [0.25, 0.3) is 0 Å². The average Bonchev–Trinajstić information content (AvgIpc) is 2.96. The van der Waals surface area contributed by atoms with E-state index in [1.807, 2.05) is 18.2 Å². The van der Waals surface area contributed by atoms with Crippen LogP contribution in [0.25, 0.3) is 0 Å². The van der Waals surface area contributed by atoms with E-state index in [4.69, 9.17) is 5.73 Å². The number of amides is 1. The van der Waals surface area contributed by atoms with Crippen LogP contribution in [-0.2, 0) is 11.2 Å². The fourth-order valence-corrected chi connectivity index (χ4v) is 3.05. The number of carbonyl (C=O) groups excluding carboxylic acids is 1. The van der Waals surface area contributed by atoms with Gasteiger partial charge in [0.15, 0.2) is 0 Å². The van der Waals surface area contributed by atoms with Crippen molar-refractivity contribution in [3.8, 4) is 0 Å². The van der Waals surface area contributed by atoms with E-state index in [9.17, 15) is 4.79 Å². The molecule has 0 radical (unpaired) electrons. The molecule has 0 atom stereocenters. The summed E-state index contributed by atoms with van der Waals surface area (Å²) >= 11 is 0. The lowest BCUT2D eigenvalue weighted by atomic mass is 9.86. The van der Waals surface area contributed by atoms with Crippen molar-refractivity contribution in [3.63, 3.8) is 0 Å². The van der Waals surface area contributed by atoms with Gasteiger partial charge in [-0.2, -0.15) is 0 Å². The minimum Gasteiger partial charge on any atom is -0.355 e. The van der Waals surface area contributed by atoms with Crippen molar-refractivity contribution in [3.05, 3.63) is 35.9 Å². The summed E-state index contributed by atoms with van der Waals surface area (Å²) in [6.45, 7) is 1.45. The van der Waals surface area contributed by atoms with Crippen molar-refractivity contribution in [2.75, 3.05) is 13.1 Å². The lowest BCUT2D eigenvalue weighted by Gasteiger charge is -2.27. The van der Waals surface area contributed by atoms with Crippen molar-refractivity contribution in [2.45, 2.75) is 44.9 Å². The first-order valence-corrected chi connectivity index (χ1v) is 7.75. The zero-order valence-electron chi connectivity index (χ0n) is 12.2. The fourth-order valence-electron chi connectivity index (χ4n) is 3.05. The first kappa shape index (κ1) is 15.0.